The predicted molar refractivity (Wildman–Crippen MR) is 51.4 cm³/mol. The highest BCUT2D eigenvalue weighted by molar-refractivity contribution is 5.93. The summed E-state index contributed by atoms with van der Waals surface area (Å²) in [7, 11) is 0. The number of urea groups is 1. The lowest BCUT2D eigenvalue weighted by atomic mass is 10.3. The quantitative estimate of drug-likeness (QED) is 0.521. The average molecular weight is 200 g/mol. The summed E-state index contributed by atoms with van der Waals surface area (Å²) >= 11 is 0. The van der Waals surface area contributed by atoms with E-state index >= 15 is 0 Å². The van der Waals surface area contributed by atoms with Crippen LogP contribution in [0.15, 0.2) is 0 Å². The fraction of sp³-hybridized carbons (Fsp3) is 0.750. The molecule has 1 atom stereocenters. The molecular formula is C8H16N4O2. The number of nitrogens with zero attached hydrogens (tertiary/aromatic N) is 1. The van der Waals surface area contributed by atoms with Crippen molar-refractivity contribution in [3.63, 3.8) is 0 Å². The van der Waals surface area contributed by atoms with Gasteiger partial charge in [-0.2, -0.15) is 0 Å². The highest BCUT2D eigenvalue weighted by atomic mass is 16.2. The molecule has 0 aromatic carbocycles. The normalized spacial score (nSPS) is 22.2. The number of rotatable bonds is 3. The van der Waals surface area contributed by atoms with Crippen LogP contribution in [0.4, 0.5) is 4.79 Å². The average Bonchev–Trinajstić information content (AvgIpc) is 2.47. The van der Waals surface area contributed by atoms with Crippen molar-refractivity contribution in [2.75, 3.05) is 19.6 Å². The molecule has 0 aromatic heterocycles. The summed E-state index contributed by atoms with van der Waals surface area (Å²) in [6.07, 6.45) is 1.26. The van der Waals surface area contributed by atoms with Gasteiger partial charge in [-0.05, 0) is 13.0 Å². The summed E-state index contributed by atoms with van der Waals surface area (Å²) in [5.74, 6) is -0.335. The van der Waals surface area contributed by atoms with E-state index in [1.165, 1.54) is 0 Å². The Balaban J connectivity index is 2.14. The second-order valence-corrected chi connectivity index (χ2v) is 3.51. The van der Waals surface area contributed by atoms with Crippen LogP contribution in [0, 0.1) is 0 Å². The second kappa shape index (κ2) is 4.92. The van der Waals surface area contributed by atoms with Gasteiger partial charge >= 0.3 is 6.03 Å². The lowest BCUT2D eigenvalue weighted by molar-refractivity contribution is -0.120. The Morgan fingerprint density at radius 2 is 2.21 bits per heavy atom. The van der Waals surface area contributed by atoms with E-state index in [0.29, 0.717) is 6.54 Å². The molecule has 1 fully saturated rings. The van der Waals surface area contributed by atoms with Gasteiger partial charge in [0.15, 0.2) is 0 Å². The van der Waals surface area contributed by atoms with Crippen molar-refractivity contribution in [2.24, 2.45) is 11.5 Å². The predicted octanol–water partition coefficient (Wildman–Crippen LogP) is -1.40. The number of nitrogens with two attached hydrogens (primary N) is 2. The van der Waals surface area contributed by atoms with Crippen LogP contribution in [0.25, 0.3) is 0 Å². The van der Waals surface area contributed by atoms with Gasteiger partial charge in [-0.25, -0.2) is 4.79 Å². The number of hydrogen-bond acceptors (Lipinski definition) is 4. The third kappa shape index (κ3) is 3.71. The first-order valence-corrected chi connectivity index (χ1v) is 4.65. The van der Waals surface area contributed by atoms with E-state index < -0.39 is 6.03 Å². The molecule has 0 spiro atoms. The number of imide groups is 1. The molecule has 0 unspecified atom stereocenters. The molecule has 0 aliphatic carbocycles. The maximum Gasteiger partial charge on any atom is 0.318 e. The molecule has 1 aliphatic rings. The van der Waals surface area contributed by atoms with E-state index in [-0.39, 0.29) is 18.4 Å². The Hall–Kier alpha value is -1.14. The zero-order valence-corrected chi connectivity index (χ0v) is 8.03. The van der Waals surface area contributed by atoms with Crippen LogP contribution in [-0.2, 0) is 4.79 Å². The highest BCUT2D eigenvalue weighted by Crippen LogP contribution is 2.06. The van der Waals surface area contributed by atoms with E-state index in [4.69, 9.17) is 11.5 Å². The van der Waals surface area contributed by atoms with Gasteiger partial charge in [0.1, 0.15) is 0 Å². The SMILES string of the molecule is NC(=O)NC(=O)CCN1CC[C@@H](N)C1. The maximum atomic E-state index is 11.0. The van der Waals surface area contributed by atoms with Crippen molar-refractivity contribution in [1.82, 2.24) is 10.2 Å². The van der Waals surface area contributed by atoms with Crippen molar-refractivity contribution in [1.29, 1.82) is 0 Å². The number of carbonyl (C=O) groups excluding carboxylic acids is 2. The molecule has 1 rings (SSSR count). The molecule has 80 valence electrons. The molecule has 0 bridgehead atoms. The van der Waals surface area contributed by atoms with Gasteiger partial charge in [-0.1, -0.05) is 0 Å². The van der Waals surface area contributed by atoms with Crippen molar-refractivity contribution >= 4 is 11.9 Å². The second-order valence-electron chi connectivity index (χ2n) is 3.51. The third-order valence-electron chi connectivity index (χ3n) is 2.23. The van der Waals surface area contributed by atoms with E-state index in [0.717, 1.165) is 19.5 Å². The number of nitrogens with one attached hydrogen (secondary N) is 1. The van der Waals surface area contributed by atoms with Gasteiger partial charge in [0.05, 0.1) is 0 Å². The van der Waals surface area contributed by atoms with Crippen LogP contribution in [0.5, 0.6) is 0 Å². The molecule has 1 heterocycles. The highest BCUT2D eigenvalue weighted by Gasteiger charge is 2.19. The maximum absolute atomic E-state index is 11.0. The Bertz CT molecular complexity index is 231. The van der Waals surface area contributed by atoms with Gasteiger partial charge in [0, 0.05) is 25.6 Å². The van der Waals surface area contributed by atoms with Crippen molar-refractivity contribution in [3.05, 3.63) is 0 Å². The molecule has 5 N–H and O–H groups in total. The Labute approximate surface area is 82.6 Å². The zero-order valence-electron chi connectivity index (χ0n) is 8.03. The summed E-state index contributed by atoms with van der Waals surface area (Å²) in [4.78, 5) is 23.4. The molecule has 3 amide bonds. The van der Waals surface area contributed by atoms with E-state index in [2.05, 4.69) is 4.90 Å². The standard InChI is InChI=1S/C8H16N4O2/c9-6-1-3-12(5-6)4-2-7(13)11-8(10)14/h6H,1-5,9H2,(H3,10,11,13,14)/t6-/m1/s1. The van der Waals surface area contributed by atoms with Crippen LogP contribution in [0.3, 0.4) is 0 Å². The molecule has 6 nitrogen and oxygen atoms in total. The van der Waals surface area contributed by atoms with Crippen LogP contribution in [0.2, 0.25) is 0 Å². The monoisotopic (exact) mass is 200 g/mol. The molecule has 0 saturated carbocycles. The largest absolute Gasteiger partial charge is 0.351 e. The van der Waals surface area contributed by atoms with Gasteiger partial charge < -0.3 is 16.4 Å². The van der Waals surface area contributed by atoms with Gasteiger partial charge in [0.2, 0.25) is 5.91 Å². The van der Waals surface area contributed by atoms with E-state index in [1.54, 1.807) is 0 Å². The van der Waals surface area contributed by atoms with Gasteiger partial charge in [0.25, 0.3) is 0 Å². The molecule has 14 heavy (non-hydrogen) atoms. The van der Waals surface area contributed by atoms with Crippen molar-refractivity contribution < 1.29 is 9.59 Å². The molecule has 0 radical (unpaired) electrons. The third-order valence-corrected chi connectivity index (χ3v) is 2.23. The number of primary amides is 1. The fourth-order valence-electron chi connectivity index (χ4n) is 1.53. The molecule has 6 heteroatoms. The van der Waals surface area contributed by atoms with Crippen LogP contribution < -0.4 is 16.8 Å². The summed E-state index contributed by atoms with van der Waals surface area (Å²) < 4.78 is 0. The first kappa shape index (κ1) is 10.9. The molecule has 0 aromatic rings. The lowest BCUT2D eigenvalue weighted by Crippen LogP contribution is -2.37. The smallest absolute Gasteiger partial charge is 0.318 e. The van der Waals surface area contributed by atoms with Crippen LogP contribution in [-0.4, -0.2) is 42.5 Å². The van der Waals surface area contributed by atoms with Gasteiger partial charge in [-0.15, -0.1) is 0 Å². The first-order chi connectivity index (χ1) is 6.58. The number of amides is 3. The fourth-order valence-corrected chi connectivity index (χ4v) is 1.53. The van der Waals surface area contributed by atoms with Gasteiger partial charge in [-0.3, -0.25) is 10.1 Å². The number of hydrogen-bond donors (Lipinski definition) is 3. The van der Waals surface area contributed by atoms with E-state index in [1.807, 2.05) is 5.32 Å². The lowest BCUT2D eigenvalue weighted by Gasteiger charge is -2.13. The molecule has 1 saturated heterocycles. The Morgan fingerprint density at radius 3 is 2.71 bits per heavy atom. The molecular weight excluding hydrogens is 184 g/mol. The minimum absolute atomic E-state index is 0.217. The van der Waals surface area contributed by atoms with Crippen LogP contribution in [0.1, 0.15) is 12.8 Å². The summed E-state index contributed by atoms with van der Waals surface area (Å²) in [6.45, 7) is 2.38. The Kier molecular flexibility index (Phi) is 3.84. The van der Waals surface area contributed by atoms with Crippen molar-refractivity contribution in [2.45, 2.75) is 18.9 Å². The summed E-state index contributed by atoms with van der Waals surface area (Å²) in [5, 5.41) is 2.02. The zero-order chi connectivity index (χ0) is 10.6. The topological polar surface area (TPSA) is 101 Å². The summed E-state index contributed by atoms with van der Waals surface area (Å²) in [6, 6.07) is -0.581. The summed E-state index contributed by atoms with van der Waals surface area (Å²) in [5.41, 5.74) is 10.5. The molecule has 1 aliphatic heterocycles. The van der Waals surface area contributed by atoms with Crippen molar-refractivity contribution in [3.8, 4) is 0 Å². The first-order valence-electron chi connectivity index (χ1n) is 4.65. The van der Waals surface area contributed by atoms with Crippen LogP contribution >= 0.6 is 0 Å². The number of likely N-dealkylation sites (tertiary alicyclic amines) is 1. The van der Waals surface area contributed by atoms with E-state index in [9.17, 15) is 9.59 Å². The number of carbonyl (C=O) groups is 2. The minimum Gasteiger partial charge on any atom is -0.351 e. The minimum atomic E-state index is -0.798. The Morgan fingerprint density at radius 1 is 1.50 bits per heavy atom.